The van der Waals surface area contributed by atoms with Crippen LogP contribution in [0.1, 0.15) is 80.4 Å². The highest BCUT2D eigenvalue weighted by Crippen LogP contribution is 2.61. The van der Waals surface area contributed by atoms with Gasteiger partial charge in [-0.05, 0) is 72.9 Å². The number of ether oxygens (including phenoxy) is 6. The summed E-state index contributed by atoms with van der Waals surface area (Å²) in [6.45, 7) is 10.4. The second kappa shape index (κ2) is 16.2. The van der Waals surface area contributed by atoms with Crippen molar-refractivity contribution in [1.29, 1.82) is 0 Å². The van der Waals surface area contributed by atoms with Gasteiger partial charge in [-0.25, -0.2) is 18.8 Å². The number of halogens is 1. The van der Waals surface area contributed by atoms with E-state index in [1.165, 1.54) is 22.9 Å². The van der Waals surface area contributed by atoms with Crippen molar-refractivity contribution >= 4 is 58.0 Å². The summed E-state index contributed by atoms with van der Waals surface area (Å²) in [4.78, 5) is 38.0. The molecule has 1 unspecified atom stereocenters. The maximum Gasteiger partial charge on any atom is 0.416 e. The largest absolute Gasteiger partial charge is 0.443 e. The number of anilines is 1. The Hall–Kier alpha value is -2.36. The van der Waals surface area contributed by atoms with Gasteiger partial charge in [0.2, 0.25) is 5.28 Å². The maximum absolute atomic E-state index is 14.4. The molecule has 1 saturated carbocycles. The van der Waals surface area contributed by atoms with E-state index >= 15 is 0 Å². The molecular weight excluding hydrogens is 773 g/mol. The molecule has 22 heteroatoms. The first-order valence-corrected chi connectivity index (χ1v) is 21.6. The molecule has 2 aromatic heterocycles. The monoisotopic (exact) mass is 823 g/mol. The van der Waals surface area contributed by atoms with Crippen LogP contribution >= 0.6 is 19.2 Å². The molecule has 2 aliphatic heterocycles. The van der Waals surface area contributed by atoms with Crippen molar-refractivity contribution in [1.82, 2.24) is 19.7 Å². The molecule has 4 heterocycles. The molecule has 304 valence electrons. The lowest BCUT2D eigenvalue weighted by atomic mass is 10.1. The summed E-state index contributed by atoms with van der Waals surface area (Å²) >= 11 is 6.54. The van der Waals surface area contributed by atoms with Crippen LogP contribution in [0, 0.1) is 0 Å². The predicted octanol–water partition coefficient (Wildman–Crippen LogP) is 4.70. The molecule has 0 spiro atoms. The van der Waals surface area contributed by atoms with Gasteiger partial charge in [-0.1, -0.05) is 12.8 Å². The van der Waals surface area contributed by atoms with Crippen LogP contribution in [0.5, 0.6) is 0 Å². The van der Waals surface area contributed by atoms with Gasteiger partial charge in [0.25, 0.3) is 5.34 Å². The van der Waals surface area contributed by atoms with E-state index in [9.17, 15) is 18.4 Å². The maximum atomic E-state index is 14.4. The Morgan fingerprint density at radius 3 is 2.35 bits per heavy atom. The number of nitrogens with zero attached hydrogens (tertiary/aromatic N) is 6. The fourth-order valence-corrected chi connectivity index (χ4v) is 9.48. The van der Waals surface area contributed by atoms with Gasteiger partial charge < -0.3 is 37.5 Å². The Morgan fingerprint density at radius 2 is 1.78 bits per heavy atom. The third-order valence-electron chi connectivity index (χ3n) is 8.75. The summed E-state index contributed by atoms with van der Waals surface area (Å²) in [6, 6.07) is -0.190. The lowest BCUT2D eigenvalue weighted by Gasteiger charge is -2.36. The van der Waals surface area contributed by atoms with Crippen molar-refractivity contribution in [2.75, 3.05) is 44.7 Å². The number of hydrogen-bond donors (Lipinski definition) is 1. The molecule has 2 aromatic rings. The molecule has 19 nitrogen and oxygen atoms in total. The predicted molar refractivity (Wildman–Crippen MR) is 196 cm³/mol. The molecule has 2 saturated heterocycles. The third-order valence-corrected chi connectivity index (χ3v) is 12.0. The number of carbonyl (C=O) groups is 2. The van der Waals surface area contributed by atoms with Gasteiger partial charge >= 0.3 is 19.6 Å². The summed E-state index contributed by atoms with van der Waals surface area (Å²) in [5, 5.41) is 7.96. The van der Waals surface area contributed by atoms with Crippen molar-refractivity contribution < 1.29 is 55.8 Å². The number of aromatic nitrogens is 4. The van der Waals surface area contributed by atoms with Crippen LogP contribution in [-0.2, 0) is 56.7 Å². The first kappa shape index (κ1) is 42.8. The van der Waals surface area contributed by atoms with Crippen LogP contribution in [0.3, 0.4) is 0 Å². The summed E-state index contributed by atoms with van der Waals surface area (Å²) in [5.41, 5.74) is -0.542. The van der Waals surface area contributed by atoms with E-state index in [4.69, 9.17) is 54.2 Å². The highest BCUT2D eigenvalue weighted by Gasteiger charge is 2.62. The van der Waals surface area contributed by atoms with Crippen LogP contribution in [0.15, 0.2) is 10.6 Å². The number of rotatable bonds is 14. The Morgan fingerprint density at radius 1 is 1.15 bits per heavy atom. The molecule has 54 heavy (non-hydrogen) atoms. The summed E-state index contributed by atoms with van der Waals surface area (Å²) < 4.78 is 79.5. The fraction of sp³-hybridized carbons (Fsp3) is 0.781. The highest BCUT2D eigenvalue weighted by molar-refractivity contribution is 7.91. The first-order valence-electron chi connectivity index (χ1n) is 17.7. The van der Waals surface area contributed by atoms with Crippen LogP contribution < -0.4 is 10.0 Å². The average molecular weight is 824 g/mol. The second-order valence-corrected chi connectivity index (χ2v) is 19.2. The number of amides is 2. The topological polar surface area (TPSA) is 227 Å². The standard InChI is InChI=1S/C32H51ClN7O12PS/c1-10-47-53(43,48-11-2)32(18-45-8,27(41)38-54(9,34)44)46-17-21-22-23(51-31(6,7)50-22)26(49-21)40-25-20(16-35-40)24(36-28(33)37-25)39(19-14-12-13-15-19)29(42)52-30(3,4)5/h16,19,21-23,26H,10-15,17-18H2,1-9H3,(H2,34,38,41,44)/t21-,22-,23-,26-,32+,54?/m1/s1. The number of hydrogen-bond acceptors (Lipinski definition) is 15. The highest BCUT2D eigenvalue weighted by atomic mass is 35.5. The quantitative estimate of drug-likeness (QED) is 0.201. The Labute approximate surface area is 320 Å². The minimum atomic E-state index is -4.57. The van der Waals surface area contributed by atoms with Crippen molar-refractivity contribution in [3.05, 3.63) is 11.5 Å². The van der Waals surface area contributed by atoms with E-state index in [-0.39, 0.29) is 36.0 Å². The van der Waals surface area contributed by atoms with Gasteiger partial charge in [0.15, 0.2) is 23.5 Å². The molecule has 2 N–H and O–H groups in total. The Kier molecular flexibility index (Phi) is 12.9. The summed E-state index contributed by atoms with van der Waals surface area (Å²) in [5.74, 6) is -2.15. The van der Waals surface area contributed by atoms with E-state index < -0.39 is 84.0 Å². The van der Waals surface area contributed by atoms with E-state index in [1.807, 2.05) is 0 Å². The van der Waals surface area contributed by atoms with Gasteiger partial charge in [0.05, 0.1) is 38.0 Å². The van der Waals surface area contributed by atoms with Crippen molar-refractivity contribution in [2.45, 2.75) is 121 Å². The lowest BCUT2D eigenvalue weighted by molar-refractivity contribution is -0.207. The molecule has 0 aromatic carbocycles. The second-order valence-electron chi connectivity index (χ2n) is 14.7. The van der Waals surface area contributed by atoms with Crippen LogP contribution in [-0.4, -0.2) is 117 Å². The van der Waals surface area contributed by atoms with Crippen molar-refractivity contribution in [3.63, 3.8) is 0 Å². The Balaban J connectivity index is 1.56. The zero-order chi connectivity index (χ0) is 39.9. The van der Waals surface area contributed by atoms with Gasteiger partial charge in [0, 0.05) is 19.4 Å². The molecule has 2 amide bonds. The number of methoxy groups -OCH3 is 1. The fourth-order valence-electron chi connectivity index (χ4n) is 6.80. The van der Waals surface area contributed by atoms with Crippen LogP contribution in [0.2, 0.25) is 5.28 Å². The molecule has 3 fully saturated rings. The molecule has 1 aliphatic carbocycles. The first-order chi connectivity index (χ1) is 25.2. The van der Waals surface area contributed by atoms with E-state index in [2.05, 4.69) is 19.4 Å². The number of carbonyl (C=O) groups excluding carboxylic acids is 2. The molecule has 0 radical (unpaired) electrons. The smallest absolute Gasteiger partial charge is 0.416 e. The van der Waals surface area contributed by atoms with Gasteiger partial charge in [-0.2, -0.15) is 15.1 Å². The van der Waals surface area contributed by atoms with Crippen molar-refractivity contribution in [2.24, 2.45) is 9.50 Å². The average Bonchev–Trinajstić information content (AvgIpc) is 3.82. The summed E-state index contributed by atoms with van der Waals surface area (Å²) in [7, 11) is -6.88. The molecule has 3 aliphatic rings. The van der Waals surface area contributed by atoms with E-state index in [0.29, 0.717) is 5.39 Å². The van der Waals surface area contributed by atoms with Gasteiger partial charge in [-0.3, -0.25) is 14.3 Å². The van der Waals surface area contributed by atoms with Crippen molar-refractivity contribution in [3.8, 4) is 0 Å². The molecule has 0 bridgehead atoms. The SMILES string of the molecule is CCOP(=O)(OCC)[C@](COC)(OC[C@H]1O[C@@H](n2ncc3c(N(C(=O)OC(C)(C)C)C4CCCC4)nc(Cl)nc32)[C@@H]2OC(C)(C)O[C@@H]21)C(=O)N=S(C)(N)=O. The molecule has 5 rings (SSSR count). The van der Waals surface area contributed by atoms with Crippen LogP contribution in [0.4, 0.5) is 10.6 Å². The number of fused-ring (bicyclic) bond motifs is 2. The van der Waals surface area contributed by atoms with E-state index in [1.54, 1.807) is 48.5 Å². The molecule has 6 atom stereocenters. The molecular formula is C32H51ClN7O12PS. The zero-order valence-corrected chi connectivity index (χ0v) is 34.5. The summed E-state index contributed by atoms with van der Waals surface area (Å²) in [6.07, 6.45) is 1.61. The zero-order valence-electron chi connectivity index (χ0n) is 32.0. The lowest BCUT2D eigenvalue weighted by Crippen LogP contribution is -2.49. The normalized spacial score (nSPS) is 25.3. The van der Waals surface area contributed by atoms with Gasteiger partial charge in [0.1, 0.15) is 33.8 Å². The minimum Gasteiger partial charge on any atom is -0.443 e. The van der Waals surface area contributed by atoms with Gasteiger partial charge in [-0.15, -0.1) is 4.36 Å². The third kappa shape index (κ3) is 8.94. The Bertz CT molecular complexity index is 1860. The van der Waals surface area contributed by atoms with E-state index in [0.717, 1.165) is 31.9 Å². The minimum absolute atomic E-state index is 0.147. The number of nitrogens with two attached hydrogens (primary N) is 1. The van der Waals surface area contributed by atoms with Crippen LogP contribution in [0.25, 0.3) is 11.0 Å².